The second-order valence-corrected chi connectivity index (χ2v) is 10.5. The summed E-state index contributed by atoms with van der Waals surface area (Å²) >= 11 is 0. The fourth-order valence-electron chi connectivity index (χ4n) is 3.34. The van der Waals surface area contributed by atoms with E-state index < -0.39 is 23.1 Å². The van der Waals surface area contributed by atoms with Crippen LogP contribution in [0.25, 0.3) is 0 Å². The third kappa shape index (κ3) is 10.9. The Hall–Kier alpha value is -3.44. The summed E-state index contributed by atoms with van der Waals surface area (Å²) in [5.41, 5.74) is 0.683. The van der Waals surface area contributed by atoms with E-state index in [1.165, 1.54) is 12.1 Å². The molecule has 2 aromatic rings. The Bertz CT molecular complexity index is 1050. The molecule has 0 aliphatic heterocycles. The molecule has 0 aliphatic rings. The van der Waals surface area contributed by atoms with E-state index in [1.807, 2.05) is 0 Å². The van der Waals surface area contributed by atoms with Crippen LogP contribution in [0.15, 0.2) is 42.5 Å². The van der Waals surface area contributed by atoms with Crippen LogP contribution in [0.3, 0.4) is 0 Å². The molecule has 7 nitrogen and oxygen atoms in total. The van der Waals surface area contributed by atoms with Crippen molar-refractivity contribution in [3.05, 3.63) is 65.0 Å². The zero-order valence-electron chi connectivity index (χ0n) is 21.9. The number of hydrogen-bond donors (Lipinski definition) is 0. The van der Waals surface area contributed by atoms with Gasteiger partial charge in [-0.15, -0.1) is 0 Å². The van der Waals surface area contributed by atoms with E-state index in [-0.39, 0.29) is 25.5 Å². The molecule has 0 N–H and O–H groups in total. The van der Waals surface area contributed by atoms with Gasteiger partial charge in [-0.1, -0.05) is 18.2 Å². The molecule has 0 spiro atoms. The fraction of sp³-hybridized carbons (Fsp3) is 0.464. The first-order chi connectivity index (χ1) is 16.7. The molecule has 0 saturated heterocycles. The highest BCUT2D eigenvalue weighted by Crippen LogP contribution is 2.23. The predicted octanol–water partition coefficient (Wildman–Crippen LogP) is 4.80. The van der Waals surface area contributed by atoms with Gasteiger partial charge in [-0.25, -0.2) is 4.39 Å². The molecular formula is C28H35FN2O5. The highest BCUT2D eigenvalue weighted by atomic mass is 19.1. The van der Waals surface area contributed by atoms with Crippen molar-refractivity contribution in [3.8, 4) is 11.8 Å². The number of ether oxygens (including phenoxy) is 3. The molecule has 0 aliphatic carbocycles. The van der Waals surface area contributed by atoms with Gasteiger partial charge in [0.25, 0.3) is 0 Å². The third-order valence-electron chi connectivity index (χ3n) is 4.70. The average Bonchev–Trinajstić information content (AvgIpc) is 2.73. The standard InChI is InChI=1S/C28H35FN2O5/c1-27(2,3)35-25(32)18-31(19-26(33)36-28(4,5)6)17-22-10-7-21(16-30)15-24(22)34-14-13-20-8-11-23(29)12-9-20/h7-12,15H,13-14,17-19H2,1-6H3. The molecule has 2 aromatic carbocycles. The van der Waals surface area contributed by atoms with Crippen LogP contribution in [0.5, 0.6) is 5.75 Å². The molecule has 0 aromatic heterocycles. The highest BCUT2D eigenvalue weighted by molar-refractivity contribution is 5.75. The lowest BCUT2D eigenvalue weighted by molar-refractivity contribution is -0.160. The molecule has 36 heavy (non-hydrogen) atoms. The fourth-order valence-corrected chi connectivity index (χ4v) is 3.34. The van der Waals surface area contributed by atoms with Crippen LogP contribution >= 0.6 is 0 Å². The van der Waals surface area contributed by atoms with Gasteiger partial charge in [0.1, 0.15) is 22.8 Å². The first-order valence-corrected chi connectivity index (χ1v) is 11.8. The molecule has 194 valence electrons. The molecule has 0 bridgehead atoms. The molecule has 0 fully saturated rings. The van der Waals surface area contributed by atoms with Crippen molar-refractivity contribution in [1.82, 2.24) is 4.90 Å². The molecule has 8 heteroatoms. The molecule has 0 heterocycles. The molecule has 0 saturated carbocycles. The van der Waals surface area contributed by atoms with Crippen molar-refractivity contribution in [3.63, 3.8) is 0 Å². The van der Waals surface area contributed by atoms with Crippen molar-refractivity contribution >= 4 is 11.9 Å². The van der Waals surface area contributed by atoms with E-state index in [0.717, 1.165) is 5.56 Å². The molecular weight excluding hydrogens is 463 g/mol. The van der Waals surface area contributed by atoms with Crippen LogP contribution in [0.4, 0.5) is 4.39 Å². The normalized spacial score (nSPS) is 11.6. The minimum absolute atomic E-state index is 0.133. The number of hydrogen-bond acceptors (Lipinski definition) is 7. The van der Waals surface area contributed by atoms with Crippen LogP contribution in [0, 0.1) is 17.1 Å². The van der Waals surface area contributed by atoms with Crippen molar-refractivity contribution in [2.45, 2.75) is 65.7 Å². The Labute approximate surface area is 212 Å². The quantitative estimate of drug-likeness (QED) is 0.435. The van der Waals surface area contributed by atoms with Gasteiger partial charge >= 0.3 is 11.9 Å². The van der Waals surface area contributed by atoms with Gasteiger partial charge < -0.3 is 14.2 Å². The third-order valence-corrected chi connectivity index (χ3v) is 4.70. The number of carbonyl (C=O) groups excluding carboxylic acids is 2. The number of esters is 2. The van der Waals surface area contributed by atoms with Gasteiger partial charge in [-0.3, -0.25) is 14.5 Å². The number of nitrogens with zero attached hydrogens (tertiary/aromatic N) is 2. The highest BCUT2D eigenvalue weighted by Gasteiger charge is 2.24. The van der Waals surface area contributed by atoms with Crippen molar-refractivity contribution < 1.29 is 28.2 Å². The molecule has 0 amide bonds. The van der Waals surface area contributed by atoms with Gasteiger partial charge in [0.15, 0.2) is 0 Å². The van der Waals surface area contributed by atoms with E-state index in [2.05, 4.69) is 6.07 Å². The monoisotopic (exact) mass is 498 g/mol. The van der Waals surface area contributed by atoms with Gasteiger partial charge in [-0.2, -0.15) is 5.26 Å². The van der Waals surface area contributed by atoms with E-state index in [9.17, 15) is 19.2 Å². The largest absolute Gasteiger partial charge is 0.493 e. The van der Waals surface area contributed by atoms with E-state index in [0.29, 0.717) is 29.9 Å². The van der Waals surface area contributed by atoms with Crippen LogP contribution in [-0.4, -0.2) is 47.7 Å². The van der Waals surface area contributed by atoms with Crippen LogP contribution in [-0.2, 0) is 32.0 Å². The van der Waals surface area contributed by atoms with Crippen molar-refractivity contribution in [1.29, 1.82) is 5.26 Å². The maximum absolute atomic E-state index is 13.2. The topological polar surface area (TPSA) is 88.9 Å². The van der Waals surface area contributed by atoms with E-state index in [1.54, 1.807) is 76.8 Å². The molecule has 0 atom stereocenters. The SMILES string of the molecule is CC(C)(C)OC(=O)CN(CC(=O)OC(C)(C)C)Cc1ccc(C#N)cc1OCCc1ccc(F)cc1. The Morgan fingerprint density at radius 1 is 0.917 bits per heavy atom. The molecule has 2 rings (SSSR count). The molecule has 0 radical (unpaired) electrons. The van der Waals surface area contributed by atoms with Crippen LogP contribution in [0.2, 0.25) is 0 Å². The Morgan fingerprint density at radius 2 is 1.47 bits per heavy atom. The average molecular weight is 499 g/mol. The summed E-state index contributed by atoms with van der Waals surface area (Å²) in [6, 6.07) is 13.3. The van der Waals surface area contributed by atoms with Gasteiger partial charge in [0, 0.05) is 18.5 Å². The Balaban J connectivity index is 2.20. The lowest BCUT2D eigenvalue weighted by Crippen LogP contribution is -2.39. The van der Waals surface area contributed by atoms with E-state index >= 15 is 0 Å². The zero-order valence-corrected chi connectivity index (χ0v) is 21.9. The number of carbonyl (C=O) groups is 2. The second-order valence-electron chi connectivity index (χ2n) is 10.5. The summed E-state index contributed by atoms with van der Waals surface area (Å²) in [4.78, 5) is 26.7. The summed E-state index contributed by atoms with van der Waals surface area (Å²) in [7, 11) is 0. The lowest BCUT2D eigenvalue weighted by atomic mass is 10.1. The minimum Gasteiger partial charge on any atom is -0.493 e. The maximum Gasteiger partial charge on any atom is 0.320 e. The Kier molecular flexibility index (Phi) is 10.00. The molecule has 0 unspecified atom stereocenters. The van der Waals surface area contributed by atoms with Gasteiger partial charge in [0.05, 0.1) is 31.3 Å². The van der Waals surface area contributed by atoms with Gasteiger partial charge in [0.2, 0.25) is 0 Å². The van der Waals surface area contributed by atoms with Crippen LogP contribution < -0.4 is 4.74 Å². The number of halogens is 1. The lowest BCUT2D eigenvalue weighted by Gasteiger charge is -2.27. The summed E-state index contributed by atoms with van der Waals surface area (Å²) < 4.78 is 30.0. The summed E-state index contributed by atoms with van der Waals surface area (Å²) in [6.45, 7) is 10.9. The summed E-state index contributed by atoms with van der Waals surface area (Å²) in [5, 5.41) is 9.34. The van der Waals surface area contributed by atoms with E-state index in [4.69, 9.17) is 14.2 Å². The predicted molar refractivity (Wildman–Crippen MR) is 134 cm³/mol. The smallest absolute Gasteiger partial charge is 0.320 e. The summed E-state index contributed by atoms with van der Waals surface area (Å²) in [6.07, 6.45) is 0.538. The zero-order chi connectivity index (χ0) is 26.9. The van der Waals surface area contributed by atoms with Crippen molar-refractivity contribution in [2.75, 3.05) is 19.7 Å². The number of nitriles is 1. The first kappa shape index (κ1) is 28.8. The van der Waals surface area contributed by atoms with Gasteiger partial charge in [-0.05, 0) is 71.4 Å². The first-order valence-electron chi connectivity index (χ1n) is 11.8. The minimum atomic E-state index is -0.669. The van der Waals surface area contributed by atoms with Crippen LogP contribution in [0.1, 0.15) is 58.2 Å². The maximum atomic E-state index is 13.2. The number of benzene rings is 2. The Morgan fingerprint density at radius 3 is 1.97 bits per heavy atom. The second kappa shape index (κ2) is 12.5. The summed E-state index contributed by atoms with van der Waals surface area (Å²) in [5.74, 6) is -0.787. The van der Waals surface area contributed by atoms with Crippen molar-refractivity contribution in [2.24, 2.45) is 0 Å². The number of rotatable bonds is 10.